The van der Waals surface area contributed by atoms with E-state index in [0.29, 0.717) is 23.1 Å². The first-order valence-electron chi connectivity index (χ1n) is 9.55. The summed E-state index contributed by atoms with van der Waals surface area (Å²) in [5.74, 6) is -5.59. The molecule has 0 amide bonds. The van der Waals surface area contributed by atoms with Crippen molar-refractivity contribution < 1.29 is 13.2 Å². The van der Waals surface area contributed by atoms with Gasteiger partial charge in [-0.2, -0.15) is 23.5 Å². The van der Waals surface area contributed by atoms with Crippen LogP contribution in [-0.2, 0) is 19.4 Å². The second kappa shape index (κ2) is 6.86. The van der Waals surface area contributed by atoms with Crippen LogP contribution < -0.4 is 0 Å². The zero-order valence-electron chi connectivity index (χ0n) is 16.6. The molecule has 0 N–H and O–H groups in total. The molecule has 0 saturated carbocycles. The maximum absolute atomic E-state index is 15.5. The normalized spacial score (nSPS) is 12.2. The van der Waals surface area contributed by atoms with Crippen LogP contribution in [0.25, 0.3) is 27.7 Å². The fourth-order valence-electron chi connectivity index (χ4n) is 3.45. The summed E-state index contributed by atoms with van der Waals surface area (Å²) in [5.41, 5.74) is 1.66. The minimum atomic E-state index is -3.76. The summed E-state index contributed by atoms with van der Waals surface area (Å²) in [4.78, 5) is 4.22. The van der Waals surface area contributed by atoms with Crippen LogP contribution in [0.3, 0.4) is 0 Å². The first kappa shape index (κ1) is 19.2. The van der Waals surface area contributed by atoms with Crippen molar-refractivity contribution in [2.75, 3.05) is 0 Å². The average Bonchev–Trinajstić information content (AvgIpc) is 3.38. The first-order chi connectivity index (χ1) is 14.9. The SMILES string of the molecule is CCc1ccc2nnc(C(F)(F)c3cc4cc(-c5cnn(C)c5)cnc4cc3F)n2n1. The molecule has 7 nitrogen and oxygen atoms in total. The minimum absolute atomic E-state index is 0.161. The Labute approximate surface area is 174 Å². The van der Waals surface area contributed by atoms with Gasteiger partial charge in [0.2, 0.25) is 5.82 Å². The molecular weight excluding hydrogens is 407 g/mol. The Morgan fingerprint density at radius 1 is 1.03 bits per heavy atom. The van der Waals surface area contributed by atoms with Crippen LogP contribution in [-0.4, -0.2) is 34.6 Å². The largest absolute Gasteiger partial charge is 0.336 e. The van der Waals surface area contributed by atoms with Gasteiger partial charge in [0.1, 0.15) is 5.82 Å². The van der Waals surface area contributed by atoms with Gasteiger partial charge in [0.05, 0.1) is 23.0 Å². The highest BCUT2D eigenvalue weighted by molar-refractivity contribution is 5.84. The number of hydrogen-bond acceptors (Lipinski definition) is 5. The Morgan fingerprint density at radius 2 is 1.87 bits per heavy atom. The molecule has 0 aliphatic heterocycles. The Balaban J connectivity index is 1.67. The molecular formula is C21H16F3N7. The average molecular weight is 423 g/mol. The molecule has 5 rings (SSSR count). The van der Waals surface area contributed by atoms with E-state index in [-0.39, 0.29) is 11.2 Å². The van der Waals surface area contributed by atoms with Crippen LogP contribution in [0.2, 0.25) is 0 Å². The zero-order chi connectivity index (χ0) is 21.8. The Bertz CT molecular complexity index is 1440. The van der Waals surface area contributed by atoms with Gasteiger partial charge in [-0.25, -0.2) is 4.39 Å². The van der Waals surface area contributed by atoms with Gasteiger partial charge in [0.15, 0.2) is 5.65 Å². The van der Waals surface area contributed by atoms with Gasteiger partial charge in [-0.3, -0.25) is 9.67 Å². The van der Waals surface area contributed by atoms with E-state index in [2.05, 4.69) is 25.4 Å². The van der Waals surface area contributed by atoms with Crippen molar-refractivity contribution in [3.63, 3.8) is 0 Å². The molecule has 0 bridgehead atoms. The van der Waals surface area contributed by atoms with Crippen molar-refractivity contribution in [3.05, 3.63) is 71.8 Å². The van der Waals surface area contributed by atoms with E-state index < -0.39 is 23.1 Å². The topological polar surface area (TPSA) is 73.8 Å². The second-order valence-electron chi connectivity index (χ2n) is 7.20. The number of rotatable bonds is 4. The predicted molar refractivity (Wildman–Crippen MR) is 107 cm³/mol. The van der Waals surface area contributed by atoms with Crippen molar-refractivity contribution >= 4 is 16.6 Å². The predicted octanol–water partition coefficient (Wildman–Crippen LogP) is 3.91. The monoisotopic (exact) mass is 423 g/mol. The third-order valence-corrected chi connectivity index (χ3v) is 5.11. The smallest absolute Gasteiger partial charge is 0.275 e. The summed E-state index contributed by atoms with van der Waals surface area (Å²) < 4.78 is 48.3. The molecule has 0 radical (unpaired) electrons. The molecule has 5 aromatic rings. The number of pyridine rings is 1. The van der Waals surface area contributed by atoms with E-state index in [4.69, 9.17) is 0 Å². The highest BCUT2D eigenvalue weighted by Crippen LogP contribution is 2.38. The van der Waals surface area contributed by atoms with Gasteiger partial charge in [-0.1, -0.05) is 6.92 Å². The summed E-state index contributed by atoms with van der Waals surface area (Å²) in [7, 11) is 1.77. The highest BCUT2D eigenvalue weighted by atomic mass is 19.3. The molecule has 0 aliphatic carbocycles. The summed E-state index contributed by atoms with van der Waals surface area (Å²) in [6, 6.07) is 7.02. The minimum Gasteiger partial charge on any atom is -0.275 e. The van der Waals surface area contributed by atoms with Crippen molar-refractivity contribution in [1.82, 2.24) is 34.6 Å². The molecule has 0 atom stereocenters. The number of alkyl halides is 2. The van der Waals surface area contributed by atoms with E-state index >= 15 is 8.78 Å². The summed E-state index contributed by atoms with van der Waals surface area (Å²) in [5, 5.41) is 16.0. The molecule has 10 heteroatoms. The molecule has 1 aromatic carbocycles. The Morgan fingerprint density at radius 3 is 2.61 bits per heavy atom. The van der Waals surface area contributed by atoms with Crippen molar-refractivity contribution in [1.29, 1.82) is 0 Å². The fraction of sp³-hybridized carbons (Fsp3) is 0.190. The summed E-state index contributed by atoms with van der Waals surface area (Å²) in [6.07, 6.45) is 5.52. The highest BCUT2D eigenvalue weighted by Gasteiger charge is 2.42. The molecule has 156 valence electrons. The molecule has 0 fully saturated rings. The van der Waals surface area contributed by atoms with Crippen LogP contribution in [0.1, 0.15) is 24.0 Å². The van der Waals surface area contributed by atoms with E-state index in [1.54, 1.807) is 48.5 Å². The lowest BCUT2D eigenvalue weighted by Gasteiger charge is -2.16. The molecule has 4 heterocycles. The summed E-state index contributed by atoms with van der Waals surface area (Å²) in [6.45, 7) is 1.85. The van der Waals surface area contributed by atoms with Gasteiger partial charge in [-0.05, 0) is 30.7 Å². The number of benzene rings is 1. The van der Waals surface area contributed by atoms with Crippen molar-refractivity contribution in [3.8, 4) is 11.1 Å². The van der Waals surface area contributed by atoms with Crippen molar-refractivity contribution in [2.45, 2.75) is 19.3 Å². The molecule has 0 spiro atoms. The van der Waals surface area contributed by atoms with E-state index in [9.17, 15) is 4.39 Å². The van der Waals surface area contributed by atoms with Crippen molar-refractivity contribution in [2.24, 2.45) is 7.05 Å². The number of halogens is 3. The number of nitrogens with zero attached hydrogens (tertiary/aromatic N) is 7. The quantitative estimate of drug-likeness (QED) is 0.438. The zero-order valence-corrected chi connectivity index (χ0v) is 16.6. The fourth-order valence-corrected chi connectivity index (χ4v) is 3.45. The number of aryl methyl sites for hydroxylation is 2. The lowest BCUT2D eigenvalue weighted by atomic mass is 10.0. The second-order valence-corrected chi connectivity index (χ2v) is 7.20. The van der Waals surface area contributed by atoms with E-state index in [1.807, 2.05) is 6.92 Å². The maximum Gasteiger partial charge on any atom is 0.336 e. The van der Waals surface area contributed by atoms with Gasteiger partial charge >= 0.3 is 5.92 Å². The lowest BCUT2D eigenvalue weighted by molar-refractivity contribution is 0.0269. The number of hydrogen-bond donors (Lipinski definition) is 0. The summed E-state index contributed by atoms with van der Waals surface area (Å²) >= 11 is 0. The van der Waals surface area contributed by atoms with Gasteiger partial charge < -0.3 is 0 Å². The van der Waals surface area contributed by atoms with Gasteiger partial charge in [-0.15, -0.1) is 10.2 Å². The molecule has 0 unspecified atom stereocenters. The van der Waals surface area contributed by atoms with Crippen LogP contribution in [0.5, 0.6) is 0 Å². The first-order valence-corrected chi connectivity index (χ1v) is 9.55. The Hall–Kier alpha value is -3.82. The van der Waals surface area contributed by atoms with E-state index in [0.717, 1.165) is 22.2 Å². The van der Waals surface area contributed by atoms with Gasteiger partial charge in [0.25, 0.3) is 0 Å². The van der Waals surface area contributed by atoms with Crippen LogP contribution in [0.4, 0.5) is 13.2 Å². The maximum atomic E-state index is 15.5. The lowest BCUT2D eigenvalue weighted by Crippen LogP contribution is -2.22. The van der Waals surface area contributed by atoms with Crippen LogP contribution in [0.15, 0.2) is 48.9 Å². The molecule has 0 saturated heterocycles. The molecule has 31 heavy (non-hydrogen) atoms. The van der Waals surface area contributed by atoms with E-state index in [1.165, 1.54) is 0 Å². The molecule has 4 aromatic heterocycles. The Kier molecular flexibility index (Phi) is 4.24. The third kappa shape index (κ3) is 3.11. The van der Waals surface area contributed by atoms with Crippen LogP contribution >= 0.6 is 0 Å². The standard InChI is InChI=1S/C21H16F3N7/c1-3-15-4-5-19-27-28-20(31(19)29-15)21(23,24)16-7-12-6-13(14-10-26-30(2)11-14)9-25-18(12)8-17(16)22/h4-11H,3H2,1-2H3. The number of fused-ring (bicyclic) bond motifs is 2. The van der Waals surface area contributed by atoms with Gasteiger partial charge in [0, 0.05) is 42.0 Å². The molecule has 0 aliphatic rings. The van der Waals surface area contributed by atoms with Crippen LogP contribution in [0, 0.1) is 5.82 Å². The number of aromatic nitrogens is 7. The third-order valence-electron chi connectivity index (χ3n) is 5.11.